The second-order valence-electron chi connectivity index (χ2n) is 9.79. The van der Waals surface area contributed by atoms with Gasteiger partial charge >= 0.3 is 0 Å². The normalized spacial score (nSPS) is 16.2. The smallest absolute Gasteiger partial charge is 0.278 e. The molecule has 8 nitrogen and oxygen atoms in total. The van der Waals surface area contributed by atoms with Crippen molar-refractivity contribution in [1.82, 2.24) is 14.1 Å². The van der Waals surface area contributed by atoms with Gasteiger partial charge in [0.1, 0.15) is 31.4 Å². The number of alkyl halides is 1. The molecule has 256 valence electrons. The second kappa shape index (κ2) is 22.2. The second-order valence-corrected chi connectivity index (χ2v) is 12.8. The predicted octanol–water partition coefficient (Wildman–Crippen LogP) is 7.30. The molecule has 0 aliphatic carbocycles. The van der Waals surface area contributed by atoms with E-state index >= 15 is 0 Å². The van der Waals surface area contributed by atoms with Gasteiger partial charge in [0.15, 0.2) is 6.29 Å². The van der Waals surface area contributed by atoms with Gasteiger partial charge in [0.25, 0.3) is 11.4 Å². The number of ether oxygens (including phenoxy) is 4. The number of benzene rings is 2. The highest BCUT2D eigenvalue weighted by Crippen LogP contribution is 2.56. The Balaban J connectivity index is 0.000000250. The fourth-order valence-electron chi connectivity index (χ4n) is 4.20. The summed E-state index contributed by atoms with van der Waals surface area (Å²) >= 11 is 1.68. The number of morpholine rings is 2. The van der Waals surface area contributed by atoms with Gasteiger partial charge in [-0.05, 0) is 36.4 Å². The van der Waals surface area contributed by atoms with Crippen LogP contribution in [0.3, 0.4) is 0 Å². The van der Waals surface area contributed by atoms with Gasteiger partial charge in [0.05, 0.1) is 26.4 Å². The number of carbonyl (C=O) groups is 1. The van der Waals surface area contributed by atoms with E-state index in [0.717, 1.165) is 92.4 Å². The van der Waals surface area contributed by atoms with Crippen LogP contribution in [-0.2, 0) is 16.1 Å². The molecule has 0 N–H and O–H groups in total. The third-order valence-corrected chi connectivity index (χ3v) is 9.41. The molecule has 4 rings (SSSR count). The van der Waals surface area contributed by atoms with Crippen LogP contribution in [0.25, 0.3) is 0 Å². The Morgan fingerprint density at radius 1 is 0.822 bits per heavy atom. The van der Waals surface area contributed by atoms with Crippen LogP contribution in [-0.4, -0.2) is 112 Å². The number of rotatable bonds is 13. The minimum Gasteiger partial charge on any atom is -0.492 e. The molecule has 2 aliphatic rings. The predicted molar refractivity (Wildman–Crippen MR) is 178 cm³/mol. The van der Waals surface area contributed by atoms with Crippen LogP contribution in [0.5, 0.6) is 11.5 Å². The molecule has 2 aromatic rings. The van der Waals surface area contributed by atoms with Gasteiger partial charge in [0, 0.05) is 72.4 Å². The molecule has 45 heavy (non-hydrogen) atoms. The maximum absolute atomic E-state index is 12.7. The van der Waals surface area contributed by atoms with Crippen molar-refractivity contribution >= 4 is 49.5 Å². The lowest BCUT2D eigenvalue weighted by Crippen LogP contribution is -2.38. The third kappa shape index (κ3) is 15.8. The Bertz CT molecular complexity index is 1120. The fraction of sp³-hybridized carbons (Fsp3) is 0.567. The molecule has 2 aromatic carbocycles. The van der Waals surface area contributed by atoms with Gasteiger partial charge < -0.3 is 18.9 Å². The van der Waals surface area contributed by atoms with Crippen molar-refractivity contribution in [3.63, 3.8) is 0 Å². The number of hydrogen-bond donors (Lipinski definition) is 0. The first kappa shape index (κ1) is 39.7. The molecule has 2 aliphatic heterocycles. The Morgan fingerprint density at radius 2 is 1.29 bits per heavy atom. The first-order valence-electron chi connectivity index (χ1n) is 14.7. The van der Waals surface area contributed by atoms with E-state index in [1.165, 1.54) is 13.8 Å². The third-order valence-electron chi connectivity index (χ3n) is 6.81. The van der Waals surface area contributed by atoms with Gasteiger partial charge in [-0.2, -0.15) is 4.31 Å². The van der Waals surface area contributed by atoms with Gasteiger partial charge in [-0.15, -0.1) is 11.7 Å². The average molecular weight is 794 g/mol. The maximum Gasteiger partial charge on any atom is 0.278 e. The minimum absolute atomic E-state index is 0.0648. The lowest BCUT2D eigenvalue weighted by atomic mass is 10.2. The molecule has 2 saturated heterocycles. The van der Waals surface area contributed by atoms with Crippen LogP contribution in [0.15, 0.2) is 45.3 Å². The van der Waals surface area contributed by atoms with Crippen molar-refractivity contribution in [1.29, 1.82) is 0 Å². The number of carbonyl (C=O) groups excluding carboxylic acids is 1. The van der Waals surface area contributed by atoms with Crippen molar-refractivity contribution in [3.05, 3.63) is 56.5 Å². The summed E-state index contributed by atoms with van der Waals surface area (Å²) in [5.74, 6) is 1.45. The SMILES string of the molecule is CCN(CC)S(F)(F)F.FCc1cc(OCCN2CCOCC2)ccc1Br.O=Cc1cc(OCCN2CCOCC2)ccc1Br. The molecule has 0 amide bonds. The molecule has 0 spiro atoms. The van der Waals surface area contributed by atoms with Crippen LogP contribution in [0.4, 0.5) is 16.0 Å². The van der Waals surface area contributed by atoms with E-state index < -0.39 is 18.0 Å². The van der Waals surface area contributed by atoms with Crippen LogP contribution in [0.1, 0.15) is 29.8 Å². The number of aldehydes is 1. The van der Waals surface area contributed by atoms with Crippen LogP contribution in [0, 0.1) is 0 Å². The number of nitrogens with zero attached hydrogens (tertiary/aromatic N) is 3. The van der Waals surface area contributed by atoms with Crippen molar-refractivity contribution in [2.24, 2.45) is 0 Å². The zero-order chi connectivity index (χ0) is 33.1. The van der Waals surface area contributed by atoms with Crippen molar-refractivity contribution in [2.45, 2.75) is 20.5 Å². The highest BCUT2D eigenvalue weighted by Gasteiger charge is 2.27. The van der Waals surface area contributed by atoms with E-state index in [2.05, 4.69) is 41.7 Å². The monoisotopic (exact) mass is 791 g/mol. The molecular formula is C30H43Br2F4N3O5S. The van der Waals surface area contributed by atoms with E-state index in [1.807, 2.05) is 24.3 Å². The quantitative estimate of drug-likeness (QED) is 0.155. The molecule has 0 bridgehead atoms. The van der Waals surface area contributed by atoms with Gasteiger partial charge in [-0.1, -0.05) is 45.7 Å². The topological polar surface area (TPSA) is 63.7 Å². The molecule has 0 unspecified atom stereocenters. The fourth-order valence-corrected chi connectivity index (χ4v) is 5.47. The van der Waals surface area contributed by atoms with Gasteiger partial charge in [-0.25, -0.2) is 4.39 Å². The Kier molecular flexibility index (Phi) is 19.6. The number of hydrogen-bond acceptors (Lipinski definition) is 8. The number of halogens is 6. The van der Waals surface area contributed by atoms with Crippen LogP contribution >= 0.6 is 43.2 Å². The van der Waals surface area contributed by atoms with Crippen molar-refractivity contribution < 1.29 is 39.8 Å². The van der Waals surface area contributed by atoms with E-state index in [-0.39, 0.29) is 13.1 Å². The van der Waals surface area contributed by atoms with Crippen molar-refractivity contribution in [2.75, 3.05) is 92.0 Å². The summed E-state index contributed by atoms with van der Waals surface area (Å²) in [6.45, 7) is 12.7. The van der Waals surface area contributed by atoms with Crippen LogP contribution in [0.2, 0.25) is 0 Å². The highest BCUT2D eigenvalue weighted by molar-refractivity contribution is 9.10. The first-order valence-corrected chi connectivity index (χ1v) is 17.6. The highest BCUT2D eigenvalue weighted by atomic mass is 79.9. The van der Waals surface area contributed by atoms with E-state index in [0.29, 0.717) is 28.6 Å². The summed E-state index contributed by atoms with van der Waals surface area (Å²) in [6.07, 6.45) is 0.818. The summed E-state index contributed by atoms with van der Waals surface area (Å²) in [7, 11) is 0. The molecule has 0 atom stereocenters. The summed E-state index contributed by atoms with van der Waals surface area (Å²) in [5.41, 5.74) is 1.23. The zero-order valence-electron chi connectivity index (χ0n) is 25.7. The van der Waals surface area contributed by atoms with E-state index in [4.69, 9.17) is 18.9 Å². The molecule has 0 aromatic heterocycles. The summed E-state index contributed by atoms with van der Waals surface area (Å²) in [6, 6.07) is 10.8. The standard InChI is InChI=1S/C13H17BrFNO2.C13H16BrNO3.C4H10F3NS/c14-13-2-1-12(9-11(13)10-15)18-8-5-16-3-6-17-7-4-16;14-13-2-1-12(9-11(13)10-16)18-8-5-15-3-6-17-7-4-15;1-3-8(4-2)9(5,6)7/h1-2,9H,3-8,10H2;1-2,9-10H,3-8H2;3-4H2,1-2H3. The maximum atomic E-state index is 12.7. The molecular weight excluding hydrogens is 750 g/mol. The first-order chi connectivity index (χ1) is 21.6. The summed E-state index contributed by atoms with van der Waals surface area (Å²) in [5, 5.41) is 0. The molecule has 0 saturated carbocycles. The van der Waals surface area contributed by atoms with Gasteiger partial charge in [0.2, 0.25) is 0 Å². The largest absolute Gasteiger partial charge is 0.492 e. The van der Waals surface area contributed by atoms with E-state index in [9.17, 15) is 20.8 Å². The lowest BCUT2D eigenvalue weighted by Gasteiger charge is -2.26. The molecule has 2 heterocycles. The molecule has 0 radical (unpaired) electrons. The van der Waals surface area contributed by atoms with Crippen LogP contribution < -0.4 is 9.47 Å². The summed E-state index contributed by atoms with van der Waals surface area (Å²) < 4.78 is 71.8. The molecule has 15 heteroatoms. The average Bonchev–Trinajstić information content (AvgIpc) is 3.04. The Hall–Kier alpha value is -1.46. The minimum atomic E-state index is -4.93. The molecule has 2 fully saturated rings. The zero-order valence-corrected chi connectivity index (χ0v) is 29.7. The van der Waals surface area contributed by atoms with Crippen molar-refractivity contribution in [3.8, 4) is 11.5 Å². The van der Waals surface area contributed by atoms with Gasteiger partial charge in [-0.3, -0.25) is 14.6 Å². The van der Waals surface area contributed by atoms with E-state index in [1.54, 1.807) is 12.1 Å². The lowest BCUT2D eigenvalue weighted by molar-refractivity contribution is 0.0321. The Morgan fingerprint density at radius 3 is 1.69 bits per heavy atom. The Labute approximate surface area is 282 Å². The summed E-state index contributed by atoms with van der Waals surface area (Å²) in [4.78, 5) is 15.4.